The van der Waals surface area contributed by atoms with Crippen LogP contribution in [0.3, 0.4) is 0 Å². The van der Waals surface area contributed by atoms with Crippen molar-refractivity contribution >= 4 is 23.4 Å². The van der Waals surface area contributed by atoms with Gasteiger partial charge in [0.15, 0.2) is 0 Å². The number of nitrogens with one attached hydrogen (secondary N) is 1. The number of benzene rings is 3. The normalized spacial score (nSPS) is 18.0. The molecule has 0 fully saturated rings. The lowest BCUT2D eigenvalue weighted by atomic mass is 9.84. The second-order valence-corrected chi connectivity index (χ2v) is 9.04. The Kier molecular flexibility index (Phi) is 5.37. The molecule has 176 valence electrons. The lowest BCUT2D eigenvalue weighted by Gasteiger charge is -2.39. The highest BCUT2D eigenvalue weighted by Crippen LogP contribution is 2.51. The maximum Gasteiger partial charge on any atom is 0.227 e. The minimum absolute atomic E-state index is 0.221. The number of hydrogen-bond donors (Lipinski definition) is 1. The third-order valence-electron chi connectivity index (χ3n) is 6.39. The quantitative estimate of drug-likeness (QED) is 0.371. The van der Waals surface area contributed by atoms with Crippen molar-refractivity contribution in [1.29, 1.82) is 0 Å². The standard InChI is InChI=1S/C27H24N4O3S/c1-32-18-12-8-16(9-13-18)24-22-23(28-26-29-27(35-3)30-31(24)26)20-6-4-5-7-21(20)34-25(22)17-10-14-19(33-2)15-11-17/h4-15,24-25H,1-3H3,(H,28,29,30). The van der Waals surface area contributed by atoms with Gasteiger partial charge in [-0.2, -0.15) is 4.98 Å². The van der Waals surface area contributed by atoms with Crippen LogP contribution in [0.1, 0.15) is 28.8 Å². The molecule has 0 bridgehead atoms. The van der Waals surface area contributed by atoms with Crippen LogP contribution in [-0.4, -0.2) is 35.2 Å². The van der Waals surface area contributed by atoms with Crippen molar-refractivity contribution in [3.8, 4) is 17.2 Å². The van der Waals surface area contributed by atoms with Crippen LogP contribution in [0.2, 0.25) is 0 Å². The lowest BCUT2D eigenvalue weighted by Crippen LogP contribution is -2.32. The number of fused-ring (bicyclic) bond motifs is 3. The van der Waals surface area contributed by atoms with Crippen molar-refractivity contribution in [2.45, 2.75) is 17.3 Å². The fraction of sp³-hybridized carbons (Fsp3) is 0.185. The number of nitrogens with zero attached hydrogens (tertiary/aromatic N) is 3. The average Bonchev–Trinajstić information content (AvgIpc) is 3.34. The van der Waals surface area contributed by atoms with Gasteiger partial charge in [-0.25, -0.2) is 4.68 Å². The molecule has 8 heteroatoms. The topological polar surface area (TPSA) is 70.4 Å². The minimum Gasteiger partial charge on any atom is -0.497 e. The molecule has 2 aliphatic rings. The second-order valence-electron chi connectivity index (χ2n) is 8.26. The van der Waals surface area contributed by atoms with Gasteiger partial charge in [-0.05, 0) is 53.8 Å². The molecular formula is C27H24N4O3S. The van der Waals surface area contributed by atoms with E-state index < -0.39 is 0 Å². The van der Waals surface area contributed by atoms with Gasteiger partial charge in [0.05, 0.1) is 19.9 Å². The Morgan fingerprint density at radius 3 is 2.20 bits per heavy atom. The first kappa shape index (κ1) is 21.6. The maximum atomic E-state index is 6.68. The van der Waals surface area contributed by atoms with Gasteiger partial charge in [-0.3, -0.25) is 0 Å². The van der Waals surface area contributed by atoms with E-state index in [0.29, 0.717) is 11.1 Å². The zero-order chi connectivity index (χ0) is 23.9. The van der Waals surface area contributed by atoms with E-state index in [1.54, 1.807) is 14.2 Å². The van der Waals surface area contributed by atoms with E-state index in [1.807, 2.05) is 53.4 Å². The van der Waals surface area contributed by atoms with Gasteiger partial charge < -0.3 is 19.5 Å². The summed E-state index contributed by atoms with van der Waals surface area (Å²) < 4.78 is 19.4. The van der Waals surface area contributed by atoms with E-state index >= 15 is 0 Å². The van der Waals surface area contributed by atoms with Crippen LogP contribution in [0.15, 0.2) is 83.5 Å². The summed E-state index contributed by atoms with van der Waals surface area (Å²) in [5.74, 6) is 3.14. The van der Waals surface area contributed by atoms with Gasteiger partial charge in [-0.1, -0.05) is 48.2 Å². The summed E-state index contributed by atoms with van der Waals surface area (Å²) in [6, 6.07) is 24.0. The van der Waals surface area contributed by atoms with Crippen LogP contribution in [-0.2, 0) is 0 Å². The molecule has 7 nitrogen and oxygen atoms in total. The number of ether oxygens (including phenoxy) is 3. The summed E-state index contributed by atoms with van der Waals surface area (Å²) in [6.07, 6.45) is 1.65. The molecule has 4 aromatic rings. The van der Waals surface area contributed by atoms with Crippen LogP contribution >= 0.6 is 11.8 Å². The summed E-state index contributed by atoms with van der Waals surface area (Å²) in [4.78, 5) is 4.75. The van der Waals surface area contributed by atoms with E-state index in [-0.39, 0.29) is 12.1 Å². The predicted octanol–water partition coefficient (Wildman–Crippen LogP) is 5.58. The third kappa shape index (κ3) is 3.61. The number of hydrogen-bond acceptors (Lipinski definition) is 7. The van der Waals surface area contributed by atoms with Gasteiger partial charge in [-0.15, -0.1) is 5.10 Å². The summed E-state index contributed by atoms with van der Waals surface area (Å²) in [5.41, 5.74) is 5.18. The van der Waals surface area contributed by atoms with E-state index in [1.165, 1.54) is 11.8 Å². The Bertz CT molecular complexity index is 1410. The van der Waals surface area contributed by atoms with Gasteiger partial charge in [0.1, 0.15) is 29.4 Å². The molecule has 0 aliphatic carbocycles. The minimum atomic E-state index is -0.333. The first-order valence-corrected chi connectivity index (χ1v) is 12.5. The number of thioether (sulfide) groups is 1. The summed E-state index contributed by atoms with van der Waals surface area (Å²) in [5, 5.41) is 9.13. The smallest absolute Gasteiger partial charge is 0.227 e. The fourth-order valence-electron chi connectivity index (χ4n) is 4.70. The number of rotatable bonds is 5. The molecule has 6 rings (SSSR count). The molecule has 0 saturated carbocycles. The molecule has 3 aromatic carbocycles. The molecule has 0 amide bonds. The van der Waals surface area contributed by atoms with Gasteiger partial charge in [0.25, 0.3) is 0 Å². The van der Waals surface area contributed by atoms with Crippen LogP contribution in [0.25, 0.3) is 5.70 Å². The molecule has 1 N–H and O–H groups in total. The van der Waals surface area contributed by atoms with Gasteiger partial charge in [0.2, 0.25) is 11.1 Å². The van der Waals surface area contributed by atoms with E-state index in [2.05, 4.69) is 35.6 Å². The molecule has 2 unspecified atom stereocenters. The average molecular weight is 485 g/mol. The highest BCUT2D eigenvalue weighted by molar-refractivity contribution is 7.98. The van der Waals surface area contributed by atoms with E-state index in [4.69, 9.17) is 24.3 Å². The van der Waals surface area contributed by atoms with Crippen molar-refractivity contribution in [2.75, 3.05) is 25.8 Å². The molecule has 1 aromatic heterocycles. The zero-order valence-corrected chi connectivity index (χ0v) is 20.4. The van der Waals surface area contributed by atoms with Crippen molar-refractivity contribution in [1.82, 2.24) is 14.8 Å². The van der Waals surface area contributed by atoms with Crippen molar-refractivity contribution in [3.63, 3.8) is 0 Å². The van der Waals surface area contributed by atoms with Crippen molar-refractivity contribution in [2.24, 2.45) is 0 Å². The number of anilines is 1. The molecule has 0 spiro atoms. The highest BCUT2D eigenvalue weighted by atomic mass is 32.2. The van der Waals surface area contributed by atoms with Crippen molar-refractivity contribution < 1.29 is 14.2 Å². The monoisotopic (exact) mass is 484 g/mol. The molecular weight excluding hydrogens is 460 g/mol. The van der Waals surface area contributed by atoms with Crippen LogP contribution in [0, 0.1) is 0 Å². The largest absolute Gasteiger partial charge is 0.497 e. The first-order valence-electron chi connectivity index (χ1n) is 11.3. The second kappa shape index (κ2) is 8.70. The Labute approximate surface area is 207 Å². The predicted molar refractivity (Wildman–Crippen MR) is 136 cm³/mol. The molecule has 0 radical (unpaired) electrons. The molecule has 2 aliphatic heterocycles. The van der Waals surface area contributed by atoms with Crippen LogP contribution in [0.5, 0.6) is 17.2 Å². The summed E-state index contributed by atoms with van der Waals surface area (Å²) >= 11 is 1.52. The van der Waals surface area contributed by atoms with Gasteiger partial charge >= 0.3 is 0 Å². The van der Waals surface area contributed by atoms with Crippen molar-refractivity contribution in [3.05, 3.63) is 95.1 Å². The third-order valence-corrected chi connectivity index (χ3v) is 6.93. The number of aromatic nitrogens is 3. The molecule has 2 atom stereocenters. The van der Waals surface area contributed by atoms with E-state index in [9.17, 15) is 0 Å². The summed E-state index contributed by atoms with van der Waals surface area (Å²) in [6.45, 7) is 0. The number of methoxy groups -OCH3 is 2. The Morgan fingerprint density at radius 1 is 0.886 bits per heavy atom. The zero-order valence-electron chi connectivity index (χ0n) is 19.6. The van der Waals surface area contributed by atoms with Gasteiger partial charge in [0, 0.05) is 11.1 Å². The maximum absolute atomic E-state index is 6.68. The molecule has 3 heterocycles. The SMILES string of the molecule is COc1ccc(C2Oc3ccccc3C3=C2C(c2ccc(OC)cc2)n2nc(SC)nc2N3)cc1. The lowest BCUT2D eigenvalue weighted by molar-refractivity contribution is 0.222. The first-order chi connectivity index (χ1) is 17.2. The highest BCUT2D eigenvalue weighted by Gasteiger charge is 2.41. The Hall–Kier alpha value is -3.91. The molecule has 0 saturated heterocycles. The summed E-state index contributed by atoms with van der Waals surface area (Å²) in [7, 11) is 3.34. The van der Waals surface area contributed by atoms with Crippen LogP contribution < -0.4 is 19.5 Å². The molecule has 35 heavy (non-hydrogen) atoms. The van der Waals surface area contributed by atoms with Crippen LogP contribution in [0.4, 0.5) is 5.95 Å². The Morgan fingerprint density at radius 2 is 1.54 bits per heavy atom. The fourth-order valence-corrected chi connectivity index (χ4v) is 5.05. The Balaban J connectivity index is 1.59. The van der Waals surface area contributed by atoms with E-state index in [0.717, 1.165) is 45.2 Å². The number of para-hydroxylation sites is 1.